The highest BCUT2D eigenvalue weighted by atomic mass is 35.5. The predicted molar refractivity (Wildman–Crippen MR) is 94.9 cm³/mol. The molecule has 2 heteroatoms. The van der Waals surface area contributed by atoms with Crippen LogP contribution >= 0.6 is 23.4 Å². The number of thioether (sulfide) groups is 1. The van der Waals surface area contributed by atoms with E-state index in [1.807, 2.05) is 11.8 Å². The molecule has 0 heterocycles. The molecule has 0 aromatic heterocycles. The maximum Gasteiger partial charge on any atom is 0.0474 e. The molecule has 3 rings (SSSR count). The number of benzene rings is 3. The quantitative estimate of drug-likeness (QED) is 0.520. The highest BCUT2D eigenvalue weighted by Gasteiger charge is 2.01. The SMILES string of the molecule is ClCc1cccc(CSCc2cccc3ccccc23)c1. The number of hydrogen-bond donors (Lipinski definition) is 0. The van der Waals surface area contributed by atoms with Gasteiger partial charge in [0.1, 0.15) is 0 Å². The molecule has 0 aliphatic carbocycles. The Hall–Kier alpha value is -1.44. The molecular formula is C19H17ClS. The van der Waals surface area contributed by atoms with Crippen LogP contribution in [0.1, 0.15) is 16.7 Å². The average Bonchev–Trinajstić information content (AvgIpc) is 2.55. The molecule has 0 bridgehead atoms. The summed E-state index contributed by atoms with van der Waals surface area (Å²) in [5, 5.41) is 2.68. The predicted octanol–water partition coefficient (Wildman–Crippen LogP) is 6.01. The summed E-state index contributed by atoms with van der Waals surface area (Å²) >= 11 is 7.84. The van der Waals surface area contributed by atoms with Gasteiger partial charge in [-0.05, 0) is 27.5 Å². The van der Waals surface area contributed by atoms with E-state index in [4.69, 9.17) is 11.6 Å². The van der Waals surface area contributed by atoms with Gasteiger partial charge in [0, 0.05) is 17.4 Å². The fourth-order valence-electron chi connectivity index (χ4n) is 2.50. The van der Waals surface area contributed by atoms with E-state index in [0.29, 0.717) is 5.88 Å². The summed E-state index contributed by atoms with van der Waals surface area (Å²) in [5.41, 5.74) is 3.95. The highest BCUT2D eigenvalue weighted by molar-refractivity contribution is 7.97. The first-order valence-electron chi connectivity index (χ1n) is 7.05. The Balaban J connectivity index is 1.69. The van der Waals surface area contributed by atoms with E-state index in [1.54, 1.807) is 0 Å². The molecule has 0 saturated heterocycles. The zero-order valence-electron chi connectivity index (χ0n) is 11.8. The van der Waals surface area contributed by atoms with Crippen LogP contribution in [-0.2, 0) is 17.4 Å². The van der Waals surface area contributed by atoms with Crippen LogP contribution in [0.4, 0.5) is 0 Å². The normalized spacial score (nSPS) is 10.9. The molecule has 0 nitrogen and oxygen atoms in total. The zero-order valence-corrected chi connectivity index (χ0v) is 13.3. The van der Waals surface area contributed by atoms with Crippen molar-refractivity contribution >= 4 is 34.1 Å². The van der Waals surface area contributed by atoms with Gasteiger partial charge in [-0.25, -0.2) is 0 Å². The second-order valence-corrected chi connectivity index (χ2v) is 6.34. The largest absolute Gasteiger partial charge is 0.152 e. The van der Waals surface area contributed by atoms with Gasteiger partial charge in [-0.3, -0.25) is 0 Å². The van der Waals surface area contributed by atoms with Crippen molar-refractivity contribution in [3.63, 3.8) is 0 Å². The second-order valence-electron chi connectivity index (χ2n) is 5.08. The first-order valence-corrected chi connectivity index (χ1v) is 8.74. The van der Waals surface area contributed by atoms with Gasteiger partial charge >= 0.3 is 0 Å². The fraction of sp³-hybridized carbons (Fsp3) is 0.158. The molecule has 0 atom stereocenters. The number of alkyl halides is 1. The minimum atomic E-state index is 0.585. The van der Waals surface area contributed by atoms with E-state index in [9.17, 15) is 0 Å². The third-order valence-corrected chi connectivity index (χ3v) is 4.91. The third kappa shape index (κ3) is 3.61. The van der Waals surface area contributed by atoms with Crippen molar-refractivity contribution in [3.05, 3.63) is 83.4 Å². The van der Waals surface area contributed by atoms with Crippen LogP contribution in [0.5, 0.6) is 0 Å². The van der Waals surface area contributed by atoms with E-state index in [-0.39, 0.29) is 0 Å². The standard InChI is InChI=1S/C19H17ClS/c20-12-15-5-3-6-16(11-15)13-21-14-18-9-4-8-17-7-1-2-10-19(17)18/h1-11H,12-14H2. The van der Waals surface area contributed by atoms with Crippen molar-refractivity contribution in [1.82, 2.24) is 0 Å². The Kier molecular flexibility index (Phi) is 4.84. The summed E-state index contributed by atoms with van der Waals surface area (Å²) in [7, 11) is 0. The van der Waals surface area contributed by atoms with E-state index >= 15 is 0 Å². The summed E-state index contributed by atoms with van der Waals surface area (Å²) in [6.45, 7) is 0. The van der Waals surface area contributed by atoms with Crippen molar-refractivity contribution in [1.29, 1.82) is 0 Å². The first kappa shape index (κ1) is 14.5. The Morgan fingerprint density at radius 2 is 1.52 bits per heavy atom. The molecule has 21 heavy (non-hydrogen) atoms. The Morgan fingerprint density at radius 3 is 2.43 bits per heavy atom. The molecule has 3 aromatic rings. The van der Waals surface area contributed by atoms with Gasteiger partial charge < -0.3 is 0 Å². The second kappa shape index (κ2) is 7.02. The van der Waals surface area contributed by atoms with Gasteiger partial charge in [0.05, 0.1) is 0 Å². The van der Waals surface area contributed by atoms with E-state index < -0.39 is 0 Å². The lowest BCUT2D eigenvalue weighted by Crippen LogP contribution is -1.87. The number of halogens is 1. The Bertz CT molecular complexity index is 731. The summed E-state index contributed by atoms with van der Waals surface area (Å²) in [6, 6.07) is 23.7. The molecule has 0 aliphatic heterocycles. The molecule has 0 spiro atoms. The average molecular weight is 313 g/mol. The summed E-state index contributed by atoms with van der Waals surface area (Å²) in [4.78, 5) is 0. The number of hydrogen-bond acceptors (Lipinski definition) is 1. The Labute approximate surface area is 135 Å². The molecule has 0 aliphatic rings. The van der Waals surface area contributed by atoms with Crippen molar-refractivity contribution in [3.8, 4) is 0 Å². The fourth-order valence-corrected chi connectivity index (χ4v) is 3.65. The van der Waals surface area contributed by atoms with Gasteiger partial charge in [-0.1, -0.05) is 66.7 Å². The number of rotatable bonds is 5. The molecule has 0 unspecified atom stereocenters. The lowest BCUT2D eigenvalue weighted by molar-refractivity contribution is 1.32. The van der Waals surface area contributed by atoms with Crippen LogP contribution in [0.2, 0.25) is 0 Å². The van der Waals surface area contributed by atoms with E-state index in [2.05, 4.69) is 66.7 Å². The zero-order chi connectivity index (χ0) is 14.5. The first-order chi connectivity index (χ1) is 10.4. The maximum absolute atomic E-state index is 5.89. The molecule has 0 radical (unpaired) electrons. The molecule has 0 fully saturated rings. The summed E-state index contributed by atoms with van der Waals surface area (Å²) < 4.78 is 0. The van der Waals surface area contributed by atoms with E-state index in [1.165, 1.54) is 27.5 Å². The summed E-state index contributed by atoms with van der Waals surface area (Å²) in [6.07, 6.45) is 0. The maximum atomic E-state index is 5.89. The molecule has 106 valence electrons. The van der Waals surface area contributed by atoms with Crippen LogP contribution in [0.3, 0.4) is 0 Å². The van der Waals surface area contributed by atoms with Crippen molar-refractivity contribution in [2.45, 2.75) is 17.4 Å². The van der Waals surface area contributed by atoms with Gasteiger partial charge in [-0.15, -0.1) is 11.6 Å². The van der Waals surface area contributed by atoms with Crippen molar-refractivity contribution in [2.24, 2.45) is 0 Å². The van der Waals surface area contributed by atoms with Gasteiger partial charge in [0.2, 0.25) is 0 Å². The van der Waals surface area contributed by atoms with Crippen LogP contribution < -0.4 is 0 Å². The lowest BCUT2D eigenvalue weighted by Gasteiger charge is -2.07. The van der Waals surface area contributed by atoms with Gasteiger partial charge in [0.15, 0.2) is 0 Å². The molecule has 0 saturated carbocycles. The summed E-state index contributed by atoms with van der Waals surface area (Å²) in [5.74, 6) is 2.64. The minimum absolute atomic E-state index is 0.585. The molecular weight excluding hydrogens is 296 g/mol. The molecule has 0 N–H and O–H groups in total. The van der Waals surface area contributed by atoms with Crippen molar-refractivity contribution < 1.29 is 0 Å². The van der Waals surface area contributed by atoms with Crippen LogP contribution in [0.15, 0.2) is 66.7 Å². The van der Waals surface area contributed by atoms with Crippen LogP contribution in [0, 0.1) is 0 Å². The smallest absolute Gasteiger partial charge is 0.0474 e. The minimum Gasteiger partial charge on any atom is -0.152 e. The van der Waals surface area contributed by atoms with E-state index in [0.717, 1.165) is 11.5 Å². The lowest BCUT2D eigenvalue weighted by atomic mass is 10.1. The van der Waals surface area contributed by atoms with Crippen LogP contribution in [-0.4, -0.2) is 0 Å². The molecule has 0 amide bonds. The monoisotopic (exact) mass is 312 g/mol. The van der Waals surface area contributed by atoms with Gasteiger partial charge in [-0.2, -0.15) is 11.8 Å². The Morgan fingerprint density at radius 1 is 0.762 bits per heavy atom. The number of fused-ring (bicyclic) bond motifs is 1. The van der Waals surface area contributed by atoms with Crippen LogP contribution in [0.25, 0.3) is 10.8 Å². The topological polar surface area (TPSA) is 0 Å². The van der Waals surface area contributed by atoms with Gasteiger partial charge in [0.25, 0.3) is 0 Å². The molecule has 3 aromatic carbocycles. The van der Waals surface area contributed by atoms with Crippen molar-refractivity contribution in [2.75, 3.05) is 0 Å². The third-order valence-electron chi connectivity index (χ3n) is 3.55. The highest BCUT2D eigenvalue weighted by Crippen LogP contribution is 2.25.